The van der Waals surface area contributed by atoms with Crippen molar-refractivity contribution in [3.05, 3.63) is 48.5 Å². The molecule has 3 rings (SSSR count). The van der Waals surface area contributed by atoms with E-state index in [2.05, 4.69) is 5.92 Å². The average Bonchev–Trinajstić information content (AvgIpc) is 2.80. The van der Waals surface area contributed by atoms with Gasteiger partial charge < -0.3 is 9.47 Å². The summed E-state index contributed by atoms with van der Waals surface area (Å²) in [7, 11) is -7.39. The highest BCUT2D eigenvalue weighted by Gasteiger charge is 2.54. The number of rotatable bonds is 8. The molecule has 0 aliphatic carbocycles. The minimum atomic E-state index is -4.07. The van der Waals surface area contributed by atoms with Gasteiger partial charge in [-0.1, -0.05) is 5.92 Å². The van der Waals surface area contributed by atoms with E-state index < -0.39 is 30.4 Å². The molecule has 1 heterocycles. The highest BCUT2D eigenvalue weighted by atomic mass is 32.2. The molecule has 0 atom stereocenters. The highest BCUT2D eigenvalue weighted by molar-refractivity contribution is 7.93. The summed E-state index contributed by atoms with van der Waals surface area (Å²) in [5.41, 5.74) is 0. The van der Waals surface area contributed by atoms with Gasteiger partial charge in [-0.3, -0.25) is 9.69 Å². The maximum Gasteiger partial charge on any atom is 0.327 e. The fraction of sp³-hybridized carbons (Fsp3) is 0.375. The lowest BCUT2D eigenvalue weighted by Crippen LogP contribution is -2.55. The Morgan fingerprint density at radius 2 is 1.47 bits per heavy atom. The van der Waals surface area contributed by atoms with E-state index in [0.717, 1.165) is 6.26 Å². The molecule has 2 aromatic rings. The van der Waals surface area contributed by atoms with Crippen molar-refractivity contribution in [1.82, 2.24) is 4.90 Å². The van der Waals surface area contributed by atoms with Gasteiger partial charge in [0.15, 0.2) is 24.4 Å². The number of esters is 1. The first kappa shape index (κ1) is 25.7. The molecule has 0 spiro atoms. The first-order valence-corrected chi connectivity index (χ1v) is 14.1. The van der Waals surface area contributed by atoms with Crippen molar-refractivity contribution in [3.63, 3.8) is 0 Å². The molecule has 1 saturated heterocycles. The molecular weight excluding hydrogens is 478 g/mol. The molecule has 1 fully saturated rings. The quantitative estimate of drug-likeness (QED) is 0.398. The van der Waals surface area contributed by atoms with Gasteiger partial charge in [0.05, 0.1) is 22.9 Å². The molecule has 0 unspecified atom stereocenters. The summed E-state index contributed by atoms with van der Waals surface area (Å²) in [4.78, 5) is 15.0. The minimum Gasteiger partial charge on any atom is -0.465 e. The molecule has 182 valence electrons. The van der Waals surface area contributed by atoms with Crippen molar-refractivity contribution >= 4 is 25.6 Å². The lowest BCUT2D eigenvalue weighted by molar-refractivity contribution is -0.147. The third kappa shape index (κ3) is 5.27. The normalized spacial score (nSPS) is 16.4. The molecule has 0 N–H and O–H groups in total. The van der Waals surface area contributed by atoms with Gasteiger partial charge in [0, 0.05) is 19.3 Å². The van der Waals surface area contributed by atoms with Crippen molar-refractivity contribution in [2.45, 2.75) is 34.3 Å². The Morgan fingerprint density at radius 1 is 0.971 bits per heavy atom. The summed E-state index contributed by atoms with van der Waals surface area (Å²) in [6.45, 7) is 2.84. The van der Waals surface area contributed by atoms with Crippen LogP contribution in [0.3, 0.4) is 0 Å². The van der Waals surface area contributed by atoms with Gasteiger partial charge in [-0.2, -0.15) is 0 Å². The van der Waals surface area contributed by atoms with Crippen molar-refractivity contribution < 1.29 is 31.1 Å². The van der Waals surface area contributed by atoms with E-state index in [0.29, 0.717) is 31.1 Å². The zero-order valence-corrected chi connectivity index (χ0v) is 20.7. The van der Waals surface area contributed by atoms with Crippen molar-refractivity contribution in [3.8, 4) is 23.8 Å². The molecule has 10 heteroatoms. The lowest BCUT2D eigenvalue weighted by Gasteiger charge is -2.38. The number of piperidine rings is 1. The number of nitrogens with zero attached hydrogens (tertiary/aromatic N) is 1. The Hall–Kier alpha value is -2.87. The van der Waals surface area contributed by atoms with Gasteiger partial charge in [-0.05, 0) is 68.3 Å². The second-order valence-corrected chi connectivity index (χ2v) is 12.3. The number of hydrogen-bond acceptors (Lipinski definition) is 8. The van der Waals surface area contributed by atoms with E-state index in [-0.39, 0.29) is 29.2 Å². The fourth-order valence-electron chi connectivity index (χ4n) is 3.85. The molecule has 0 radical (unpaired) electrons. The largest absolute Gasteiger partial charge is 0.465 e. The van der Waals surface area contributed by atoms with Crippen LogP contribution in [0.1, 0.15) is 19.8 Å². The minimum absolute atomic E-state index is 0.00859. The first-order valence-electron chi connectivity index (χ1n) is 10.7. The van der Waals surface area contributed by atoms with Crippen LogP contribution in [0.5, 0.6) is 11.5 Å². The summed E-state index contributed by atoms with van der Waals surface area (Å²) < 4.78 is 59.6. The third-order valence-electron chi connectivity index (χ3n) is 5.76. The second-order valence-electron chi connectivity index (χ2n) is 8.02. The number of benzene rings is 2. The van der Waals surface area contributed by atoms with Gasteiger partial charge in [-0.15, -0.1) is 6.42 Å². The van der Waals surface area contributed by atoms with E-state index in [1.807, 2.05) is 4.90 Å². The number of sulfone groups is 2. The van der Waals surface area contributed by atoms with Crippen LogP contribution in [0, 0.1) is 12.3 Å². The molecule has 1 aliphatic heterocycles. The smallest absolute Gasteiger partial charge is 0.327 e. The number of likely N-dealkylation sites (tertiary alicyclic amines) is 1. The molecular formula is C24H27NO7S2. The molecule has 8 nitrogen and oxygen atoms in total. The molecule has 2 aromatic carbocycles. The van der Waals surface area contributed by atoms with Crippen LogP contribution in [0.25, 0.3) is 0 Å². The van der Waals surface area contributed by atoms with Crippen LogP contribution in [-0.4, -0.2) is 64.9 Å². The Morgan fingerprint density at radius 3 is 1.91 bits per heavy atom. The Balaban J connectivity index is 1.84. The highest BCUT2D eigenvalue weighted by Crippen LogP contribution is 2.37. The third-order valence-corrected chi connectivity index (χ3v) is 9.39. The first-order chi connectivity index (χ1) is 16.0. The molecule has 0 amide bonds. The van der Waals surface area contributed by atoms with Crippen LogP contribution < -0.4 is 4.74 Å². The van der Waals surface area contributed by atoms with Gasteiger partial charge in [0.2, 0.25) is 0 Å². The lowest BCUT2D eigenvalue weighted by atomic mass is 9.95. The molecule has 0 bridgehead atoms. The van der Waals surface area contributed by atoms with Crippen molar-refractivity contribution in [2.75, 3.05) is 32.5 Å². The predicted octanol–water partition coefficient (Wildman–Crippen LogP) is 2.69. The SMILES string of the molecule is C#CCN1CCC(C(=O)OCC)(S(=O)(=O)c2ccc(Oc3ccc(S(C)(=O)=O)cc3)cc2)CC1. The van der Waals surface area contributed by atoms with Crippen LogP contribution in [0.2, 0.25) is 0 Å². The Labute approximate surface area is 200 Å². The summed E-state index contributed by atoms with van der Waals surface area (Å²) in [5.74, 6) is 2.55. The van der Waals surface area contributed by atoms with E-state index in [1.165, 1.54) is 48.5 Å². The number of carbonyl (C=O) groups excluding carboxylic acids is 1. The monoisotopic (exact) mass is 505 g/mol. The van der Waals surface area contributed by atoms with Crippen LogP contribution in [0.4, 0.5) is 0 Å². The van der Waals surface area contributed by atoms with Crippen molar-refractivity contribution in [2.24, 2.45) is 0 Å². The molecule has 0 saturated carbocycles. The topological polar surface area (TPSA) is 107 Å². The summed E-state index contributed by atoms with van der Waals surface area (Å²) in [6.07, 6.45) is 6.65. The number of terminal acetylenes is 1. The molecule has 0 aromatic heterocycles. The van der Waals surface area contributed by atoms with Gasteiger partial charge in [0.25, 0.3) is 0 Å². The van der Waals surface area contributed by atoms with Crippen LogP contribution in [0.15, 0.2) is 58.3 Å². The number of hydrogen-bond donors (Lipinski definition) is 0. The standard InChI is InChI=1S/C24H27NO7S2/c1-4-16-25-17-14-24(15-18-25,23(26)31-5-2)34(29,30)22-12-8-20(9-13-22)32-19-6-10-21(11-7-19)33(3,27)28/h1,6-13H,5,14-18H2,2-3H3. The Kier molecular flexibility index (Phi) is 7.70. The predicted molar refractivity (Wildman–Crippen MR) is 127 cm³/mol. The summed E-state index contributed by atoms with van der Waals surface area (Å²) in [6, 6.07) is 11.7. The second kappa shape index (κ2) is 10.2. The van der Waals surface area contributed by atoms with Gasteiger partial charge in [-0.25, -0.2) is 16.8 Å². The maximum absolute atomic E-state index is 13.6. The zero-order valence-electron chi connectivity index (χ0n) is 19.1. The Bertz CT molecular complexity index is 1270. The summed E-state index contributed by atoms with van der Waals surface area (Å²) in [5, 5.41) is 0. The fourth-order valence-corrected chi connectivity index (χ4v) is 6.42. The van der Waals surface area contributed by atoms with Crippen molar-refractivity contribution in [1.29, 1.82) is 0 Å². The van der Waals surface area contributed by atoms with E-state index in [4.69, 9.17) is 15.9 Å². The van der Waals surface area contributed by atoms with E-state index in [9.17, 15) is 21.6 Å². The van der Waals surface area contributed by atoms with Gasteiger partial charge in [0.1, 0.15) is 11.5 Å². The van der Waals surface area contributed by atoms with Gasteiger partial charge >= 0.3 is 5.97 Å². The average molecular weight is 506 g/mol. The zero-order chi connectivity index (χ0) is 25.0. The van der Waals surface area contributed by atoms with Crippen LogP contribution in [-0.2, 0) is 29.2 Å². The summed E-state index contributed by atoms with van der Waals surface area (Å²) >= 11 is 0. The molecule has 34 heavy (non-hydrogen) atoms. The van der Waals surface area contributed by atoms with E-state index >= 15 is 0 Å². The maximum atomic E-state index is 13.6. The number of ether oxygens (including phenoxy) is 2. The van der Waals surface area contributed by atoms with Crippen LogP contribution >= 0.6 is 0 Å². The van der Waals surface area contributed by atoms with E-state index in [1.54, 1.807) is 6.92 Å². The molecule has 1 aliphatic rings. The number of carbonyl (C=O) groups is 1.